The summed E-state index contributed by atoms with van der Waals surface area (Å²) in [6.07, 6.45) is 0. The molecule has 0 spiro atoms. The van der Waals surface area contributed by atoms with Crippen LogP contribution in [0.1, 0.15) is 28.4 Å². The number of ether oxygens (including phenoxy) is 2. The molecule has 0 aliphatic carbocycles. The lowest BCUT2D eigenvalue weighted by Gasteiger charge is -2.17. The van der Waals surface area contributed by atoms with E-state index in [0.717, 1.165) is 0 Å². The summed E-state index contributed by atoms with van der Waals surface area (Å²) in [4.78, 5) is 12.1. The van der Waals surface area contributed by atoms with Gasteiger partial charge in [0.05, 0.1) is 11.6 Å². The standard InChI is InChI=1S/C17H17ClO4/c1-4-21-17(20)13-10(2)14(18)11(3)16(15(13)19)22-12-8-6-5-7-9-12/h5-9,19H,4H2,1-3H3. The zero-order valence-corrected chi connectivity index (χ0v) is 13.4. The molecule has 116 valence electrons. The molecule has 2 aromatic rings. The number of aromatic hydroxyl groups is 1. The van der Waals surface area contributed by atoms with E-state index >= 15 is 0 Å². The van der Waals surface area contributed by atoms with Crippen molar-refractivity contribution in [2.75, 3.05) is 6.61 Å². The maximum Gasteiger partial charge on any atom is 0.342 e. The molecule has 2 aromatic carbocycles. The summed E-state index contributed by atoms with van der Waals surface area (Å²) in [6, 6.07) is 8.96. The summed E-state index contributed by atoms with van der Waals surface area (Å²) in [5, 5.41) is 10.8. The number of phenolic OH excluding ortho intramolecular Hbond substituents is 1. The van der Waals surface area contributed by atoms with Gasteiger partial charge < -0.3 is 14.6 Å². The van der Waals surface area contributed by atoms with E-state index in [1.54, 1.807) is 32.9 Å². The van der Waals surface area contributed by atoms with Gasteiger partial charge in [-0.2, -0.15) is 0 Å². The number of para-hydroxylation sites is 1. The number of carbonyl (C=O) groups excluding carboxylic acids is 1. The zero-order chi connectivity index (χ0) is 16.3. The highest BCUT2D eigenvalue weighted by Gasteiger charge is 2.25. The molecule has 2 rings (SSSR count). The molecule has 0 aromatic heterocycles. The van der Waals surface area contributed by atoms with E-state index < -0.39 is 5.97 Å². The number of phenols is 1. The predicted molar refractivity (Wildman–Crippen MR) is 85.1 cm³/mol. The Morgan fingerprint density at radius 3 is 2.41 bits per heavy atom. The van der Waals surface area contributed by atoms with Gasteiger partial charge in [-0.15, -0.1) is 0 Å². The molecular formula is C17H17ClO4. The number of carbonyl (C=O) groups is 1. The van der Waals surface area contributed by atoms with Crippen LogP contribution in [0.2, 0.25) is 5.02 Å². The number of hydrogen-bond acceptors (Lipinski definition) is 4. The lowest BCUT2D eigenvalue weighted by molar-refractivity contribution is 0.0521. The maximum absolute atomic E-state index is 12.1. The highest BCUT2D eigenvalue weighted by atomic mass is 35.5. The Kier molecular flexibility index (Phi) is 4.93. The molecule has 0 heterocycles. The van der Waals surface area contributed by atoms with Crippen molar-refractivity contribution in [3.05, 3.63) is 52.0 Å². The molecule has 0 unspecified atom stereocenters. The Bertz CT molecular complexity index is 696. The molecule has 0 fully saturated rings. The van der Waals surface area contributed by atoms with Crippen molar-refractivity contribution >= 4 is 17.6 Å². The first-order chi connectivity index (χ1) is 10.5. The fourth-order valence-corrected chi connectivity index (χ4v) is 2.32. The van der Waals surface area contributed by atoms with Gasteiger partial charge in [0.15, 0.2) is 11.5 Å². The van der Waals surface area contributed by atoms with Gasteiger partial charge in [-0.3, -0.25) is 0 Å². The van der Waals surface area contributed by atoms with E-state index in [1.807, 2.05) is 18.2 Å². The van der Waals surface area contributed by atoms with Gasteiger partial charge in [-0.1, -0.05) is 29.8 Å². The van der Waals surface area contributed by atoms with Crippen LogP contribution in [0.15, 0.2) is 30.3 Å². The van der Waals surface area contributed by atoms with Crippen LogP contribution in [-0.2, 0) is 4.74 Å². The lowest BCUT2D eigenvalue weighted by atomic mass is 10.0. The average Bonchev–Trinajstić information content (AvgIpc) is 2.51. The first kappa shape index (κ1) is 16.2. The van der Waals surface area contributed by atoms with Gasteiger partial charge in [0.2, 0.25) is 0 Å². The number of rotatable bonds is 4. The van der Waals surface area contributed by atoms with Gasteiger partial charge in [0.25, 0.3) is 0 Å². The summed E-state index contributed by atoms with van der Waals surface area (Å²) in [6.45, 7) is 5.29. The summed E-state index contributed by atoms with van der Waals surface area (Å²) in [5.74, 6) is -0.195. The summed E-state index contributed by atoms with van der Waals surface area (Å²) >= 11 is 6.27. The highest BCUT2D eigenvalue weighted by Crippen LogP contribution is 2.43. The number of halogens is 1. The molecule has 0 aliphatic rings. The number of hydrogen-bond donors (Lipinski definition) is 1. The largest absolute Gasteiger partial charge is 0.504 e. The van der Waals surface area contributed by atoms with Crippen LogP contribution in [0, 0.1) is 13.8 Å². The number of esters is 1. The fraction of sp³-hybridized carbons (Fsp3) is 0.235. The van der Waals surface area contributed by atoms with Crippen molar-refractivity contribution in [3.8, 4) is 17.2 Å². The second kappa shape index (κ2) is 6.71. The Labute approximate surface area is 134 Å². The van der Waals surface area contributed by atoms with E-state index in [2.05, 4.69) is 0 Å². The van der Waals surface area contributed by atoms with Gasteiger partial charge in [0, 0.05) is 5.56 Å². The molecule has 22 heavy (non-hydrogen) atoms. The SMILES string of the molecule is CCOC(=O)c1c(C)c(Cl)c(C)c(Oc2ccccc2)c1O. The third-order valence-electron chi connectivity index (χ3n) is 3.27. The van der Waals surface area contributed by atoms with E-state index in [1.165, 1.54) is 0 Å². The van der Waals surface area contributed by atoms with Crippen molar-refractivity contribution < 1.29 is 19.4 Å². The van der Waals surface area contributed by atoms with Crippen LogP contribution >= 0.6 is 11.6 Å². The Morgan fingerprint density at radius 2 is 1.82 bits per heavy atom. The minimum Gasteiger partial charge on any atom is -0.504 e. The third kappa shape index (κ3) is 3.02. The Balaban J connectivity index is 2.56. The van der Waals surface area contributed by atoms with Crippen LogP contribution in [-0.4, -0.2) is 17.7 Å². The second-order valence-corrected chi connectivity index (χ2v) is 5.13. The highest BCUT2D eigenvalue weighted by molar-refractivity contribution is 6.33. The van der Waals surface area contributed by atoms with Crippen LogP contribution in [0.3, 0.4) is 0 Å². The van der Waals surface area contributed by atoms with E-state index in [4.69, 9.17) is 21.1 Å². The fourth-order valence-electron chi connectivity index (χ4n) is 2.14. The summed E-state index contributed by atoms with van der Waals surface area (Å²) in [5.41, 5.74) is 1.06. The van der Waals surface area contributed by atoms with Gasteiger partial charge in [-0.25, -0.2) is 4.79 Å². The molecular weight excluding hydrogens is 304 g/mol. The first-order valence-corrected chi connectivity index (χ1v) is 7.26. The average molecular weight is 321 g/mol. The summed E-state index contributed by atoms with van der Waals surface area (Å²) < 4.78 is 10.7. The maximum atomic E-state index is 12.1. The molecule has 0 bridgehead atoms. The first-order valence-electron chi connectivity index (χ1n) is 6.89. The molecule has 0 saturated heterocycles. The second-order valence-electron chi connectivity index (χ2n) is 4.75. The van der Waals surface area contributed by atoms with Crippen LogP contribution in [0.25, 0.3) is 0 Å². The molecule has 0 aliphatic heterocycles. The van der Waals surface area contributed by atoms with E-state index in [-0.39, 0.29) is 23.7 Å². The topological polar surface area (TPSA) is 55.8 Å². The molecule has 1 N–H and O–H groups in total. The zero-order valence-electron chi connectivity index (χ0n) is 12.6. The van der Waals surface area contributed by atoms with Crippen molar-refractivity contribution in [1.82, 2.24) is 0 Å². The van der Waals surface area contributed by atoms with E-state index in [9.17, 15) is 9.90 Å². The molecule has 0 atom stereocenters. The van der Waals surface area contributed by atoms with Crippen LogP contribution < -0.4 is 4.74 Å². The molecule has 5 heteroatoms. The lowest BCUT2D eigenvalue weighted by Crippen LogP contribution is -2.09. The number of benzene rings is 2. The van der Waals surface area contributed by atoms with Gasteiger partial charge in [0.1, 0.15) is 11.3 Å². The monoisotopic (exact) mass is 320 g/mol. The normalized spacial score (nSPS) is 10.4. The van der Waals surface area contributed by atoms with Crippen LogP contribution in [0.4, 0.5) is 0 Å². The molecule has 0 amide bonds. The minimum absolute atomic E-state index is 0.0309. The van der Waals surface area contributed by atoms with Crippen molar-refractivity contribution in [2.24, 2.45) is 0 Å². The van der Waals surface area contributed by atoms with Crippen LogP contribution in [0.5, 0.6) is 17.2 Å². The molecule has 0 radical (unpaired) electrons. The Morgan fingerprint density at radius 1 is 1.18 bits per heavy atom. The third-order valence-corrected chi connectivity index (χ3v) is 3.84. The Hall–Kier alpha value is -2.20. The minimum atomic E-state index is -0.627. The smallest absolute Gasteiger partial charge is 0.342 e. The molecule has 0 saturated carbocycles. The van der Waals surface area contributed by atoms with Crippen molar-refractivity contribution in [3.63, 3.8) is 0 Å². The van der Waals surface area contributed by atoms with E-state index in [0.29, 0.717) is 21.9 Å². The predicted octanol–water partition coefficient (Wildman–Crippen LogP) is 4.63. The van der Waals surface area contributed by atoms with Crippen molar-refractivity contribution in [1.29, 1.82) is 0 Å². The quantitative estimate of drug-likeness (QED) is 0.834. The van der Waals surface area contributed by atoms with Gasteiger partial charge >= 0.3 is 5.97 Å². The van der Waals surface area contributed by atoms with Gasteiger partial charge in [-0.05, 0) is 38.5 Å². The van der Waals surface area contributed by atoms with Crippen molar-refractivity contribution in [2.45, 2.75) is 20.8 Å². The summed E-state index contributed by atoms with van der Waals surface area (Å²) in [7, 11) is 0. The molecule has 4 nitrogen and oxygen atoms in total.